The molecule has 0 fully saturated rings. The lowest BCUT2D eigenvalue weighted by Crippen LogP contribution is -1.89. The summed E-state index contributed by atoms with van der Waals surface area (Å²) in [6.07, 6.45) is 7.79. The van der Waals surface area contributed by atoms with E-state index in [1.54, 1.807) is 0 Å². The number of rotatable bonds is 8. The van der Waals surface area contributed by atoms with Gasteiger partial charge in [-0.15, -0.1) is 0 Å². The van der Waals surface area contributed by atoms with Crippen molar-refractivity contribution in [1.82, 2.24) is 0 Å². The van der Waals surface area contributed by atoms with Gasteiger partial charge in [-0.2, -0.15) is 0 Å². The summed E-state index contributed by atoms with van der Waals surface area (Å²) in [7, 11) is 0. The Hall–Kier alpha value is -5.60. The van der Waals surface area contributed by atoms with Gasteiger partial charge in [-0.05, 0) is 76.1 Å². The highest BCUT2D eigenvalue weighted by Gasteiger charge is 2.13. The number of benzene rings is 6. The molecule has 0 saturated heterocycles. The molecular weight excluding hydrogens is 572 g/mol. The fraction of sp³-hybridized carbons (Fsp3) is 0.111. The molecule has 2 nitrogen and oxygen atoms in total. The molecule has 0 atom stereocenters. The molecule has 8 rings (SSSR count). The van der Waals surface area contributed by atoms with Crippen molar-refractivity contribution < 1.29 is 8.83 Å². The molecule has 0 amide bonds. The average molecular weight is 609 g/mol. The fourth-order valence-corrected chi connectivity index (χ4v) is 6.84. The van der Waals surface area contributed by atoms with Crippen molar-refractivity contribution in [2.75, 3.05) is 0 Å². The summed E-state index contributed by atoms with van der Waals surface area (Å²) < 4.78 is 12.4. The first kappa shape index (κ1) is 28.8. The van der Waals surface area contributed by atoms with Crippen LogP contribution in [0, 0.1) is 0 Å². The lowest BCUT2D eigenvalue weighted by molar-refractivity contribution is 0.669. The van der Waals surface area contributed by atoms with Crippen LogP contribution in [0.3, 0.4) is 0 Å². The maximum absolute atomic E-state index is 6.33. The second kappa shape index (κ2) is 12.3. The van der Waals surface area contributed by atoms with Gasteiger partial charge in [0.15, 0.2) is 0 Å². The zero-order chi connectivity index (χ0) is 31.7. The summed E-state index contributed by atoms with van der Waals surface area (Å²) in [4.78, 5) is 0. The fourth-order valence-electron chi connectivity index (χ4n) is 6.84. The number of fused-ring (bicyclic) bond motifs is 6. The Kier molecular flexibility index (Phi) is 7.55. The van der Waals surface area contributed by atoms with Crippen LogP contribution in [0.5, 0.6) is 0 Å². The van der Waals surface area contributed by atoms with Crippen LogP contribution in [0.2, 0.25) is 0 Å². The molecule has 0 saturated carbocycles. The number of allylic oxidation sites excluding steroid dienone is 4. The van der Waals surface area contributed by atoms with Crippen molar-refractivity contribution >= 4 is 55.0 Å². The van der Waals surface area contributed by atoms with E-state index in [1.165, 1.54) is 33.4 Å². The van der Waals surface area contributed by atoms with Crippen molar-refractivity contribution in [2.45, 2.75) is 33.1 Å². The molecule has 2 heterocycles. The van der Waals surface area contributed by atoms with Crippen LogP contribution in [0.4, 0.5) is 0 Å². The van der Waals surface area contributed by atoms with Crippen LogP contribution in [0.15, 0.2) is 154 Å². The third-order valence-electron chi connectivity index (χ3n) is 9.17. The maximum atomic E-state index is 6.33. The number of para-hydroxylation sites is 3. The minimum absolute atomic E-state index is 0.924. The molecule has 6 aromatic carbocycles. The van der Waals surface area contributed by atoms with Crippen molar-refractivity contribution in [2.24, 2.45) is 0 Å². The first-order chi connectivity index (χ1) is 23.2. The van der Waals surface area contributed by atoms with Crippen LogP contribution >= 0.6 is 0 Å². The van der Waals surface area contributed by atoms with Crippen LogP contribution in [0.25, 0.3) is 77.3 Å². The average Bonchev–Trinajstić information content (AvgIpc) is 3.69. The standard InChI is InChI=1S/C45H36O2/c1-3-10-34(30-18-20-32(21-19-30)36-26-27-44-41(29-36)39-13-6-7-16-42(39)46-44)28-35(11-4-2)31-22-24-33(25-23-31)37-14-9-15-40-38-12-5-8-17-43(38)47-45(37)40/h5-10,12-29H,3-4,11H2,1-2H3/b34-10-,35-28+. The van der Waals surface area contributed by atoms with E-state index in [0.717, 1.165) is 74.3 Å². The second-order valence-corrected chi connectivity index (χ2v) is 12.2. The zero-order valence-corrected chi connectivity index (χ0v) is 26.8. The minimum Gasteiger partial charge on any atom is -0.456 e. The summed E-state index contributed by atoms with van der Waals surface area (Å²) >= 11 is 0. The predicted octanol–water partition coefficient (Wildman–Crippen LogP) is 13.5. The molecule has 0 bridgehead atoms. The van der Waals surface area contributed by atoms with Gasteiger partial charge in [-0.1, -0.05) is 142 Å². The Labute approximate surface area is 275 Å². The third-order valence-corrected chi connectivity index (χ3v) is 9.17. The summed E-state index contributed by atoms with van der Waals surface area (Å²) in [5.74, 6) is 0. The van der Waals surface area contributed by atoms with E-state index in [-0.39, 0.29) is 0 Å². The van der Waals surface area contributed by atoms with Crippen LogP contribution in [-0.4, -0.2) is 0 Å². The Balaban J connectivity index is 1.10. The monoisotopic (exact) mass is 608 g/mol. The molecule has 0 aliphatic carbocycles. The lowest BCUT2D eigenvalue weighted by atomic mass is 9.93. The summed E-state index contributed by atoms with van der Waals surface area (Å²) in [6.45, 7) is 4.46. The number of hydrogen-bond acceptors (Lipinski definition) is 2. The zero-order valence-electron chi connectivity index (χ0n) is 26.8. The SMILES string of the molecule is CC/C=C(/C=C(\CCC)c1ccc(-c2cccc3c2oc2ccccc23)cc1)c1ccc(-c2ccc3oc4ccccc4c3c2)cc1. The van der Waals surface area contributed by atoms with Crippen LogP contribution in [0.1, 0.15) is 44.2 Å². The Bertz CT molecular complexity index is 2430. The molecule has 0 N–H and O–H groups in total. The largest absolute Gasteiger partial charge is 0.456 e. The van der Waals surface area contributed by atoms with Gasteiger partial charge in [0, 0.05) is 27.1 Å². The van der Waals surface area contributed by atoms with E-state index < -0.39 is 0 Å². The van der Waals surface area contributed by atoms with E-state index in [1.807, 2.05) is 24.3 Å². The van der Waals surface area contributed by atoms with Crippen molar-refractivity contribution in [3.63, 3.8) is 0 Å². The van der Waals surface area contributed by atoms with Crippen molar-refractivity contribution in [3.8, 4) is 22.3 Å². The third kappa shape index (κ3) is 5.36. The molecular formula is C45H36O2. The minimum atomic E-state index is 0.924. The van der Waals surface area contributed by atoms with Crippen LogP contribution < -0.4 is 0 Å². The molecule has 0 unspecified atom stereocenters. The Morgan fingerprint density at radius 1 is 0.532 bits per heavy atom. The summed E-state index contributed by atoms with van der Waals surface area (Å²) in [6, 6.07) is 47.4. The van der Waals surface area contributed by atoms with E-state index >= 15 is 0 Å². The smallest absolute Gasteiger partial charge is 0.143 e. The Morgan fingerprint density at radius 3 is 1.89 bits per heavy atom. The van der Waals surface area contributed by atoms with Gasteiger partial charge < -0.3 is 8.83 Å². The Morgan fingerprint density at radius 2 is 1.15 bits per heavy atom. The highest BCUT2D eigenvalue weighted by molar-refractivity contribution is 6.09. The normalized spacial score (nSPS) is 12.6. The second-order valence-electron chi connectivity index (χ2n) is 12.2. The predicted molar refractivity (Wildman–Crippen MR) is 199 cm³/mol. The maximum Gasteiger partial charge on any atom is 0.143 e. The summed E-state index contributed by atoms with van der Waals surface area (Å²) in [5.41, 5.74) is 13.5. The van der Waals surface area contributed by atoms with Gasteiger partial charge in [0.1, 0.15) is 22.3 Å². The molecule has 2 aromatic heterocycles. The van der Waals surface area contributed by atoms with E-state index in [4.69, 9.17) is 8.83 Å². The van der Waals surface area contributed by atoms with Crippen molar-refractivity contribution in [1.29, 1.82) is 0 Å². The lowest BCUT2D eigenvalue weighted by Gasteiger charge is -2.12. The van der Waals surface area contributed by atoms with Gasteiger partial charge in [-0.3, -0.25) is 0 Å². The quantitative estimate of drug-likeness (QED) is 0.160. The van der Waals surface area contributed by atoms with Gasteiger partial charge in [0.2, 0.25) is 0 Å². The first-order valence-corrected chi connectivity index (χ1v) is 16.6. The molecule has 0 aliphatic rings. The molecule has 2 heteroatoms. The molecule has 47 heavy (non-hydrogen) atoms. The summed E-state index contributed by atoms with van der Waals surface area (Å²) in [5, 5.41) is 4.62. The number of hydrogen-bond donors (Lipinski definition) is 0. The first-order valence-electron chi connectivity index (χ1n) is 16.6. The van der Waals surface area contributed by atoms with E-state index in [9.17, 15) is 0 Å². The molecule has 8 aromatic rings. The van der Waals surface area contributed by atoms with Crippen LogP contribution in [-0.2, 0) is 0 Å². The highest BCUT2D eigenvalue weighted by Crippen LogP contribution is 2.37. The molecule has 0 radical (unpaired) electrons. The van der Waals surface area contributed by atoms with Gasteiger partial charge in [0.25, 0.3) is 0 Å². The molecule has 0 aliphatic heterocycles. The van der Waals surface area contributed by atoms with Gasteiger partial charge in [-0.25, -0.2) is 0 Å². The van der Waals surface area contributed by atoms with Crippen molar-refractivity contribution in [3.05, 3.63) is 157 Å². The van der Waals surface area contributed by atoms with E-state index in [0.29, 0.717) is 0 Å². The molecule has 0 spiro atoms. The highest BCUT2D eigenvalue weighted by atomic mass is 16.3. The number of furan rings is 2. The molecule has 228 valence electrons. The van der Waals surface area contributed by atoms with E-state index in [2.05, 4.69) is 135 Å². The van der Waals surface area contributed by atoms with Gasteiger partial charge in [0.05, 0.1) is 0 Å². The topological polar surface area (TPSA) is 26.3 Å². The van der Waals surface area contributed by atoms with Gasteiger partial charge >= 0.3 is 0 Å².